The number of para-hydroxylation sites is 1. The molecule has 4 heterocycles. The maximum atomic E-state index is 12.1. The molecule has 0 unspecified atom stereocenters. The van der Waals surface area contributed by atoms with Crippen LogP contribution in [0.1, 0.15) is 43.5 Å². The first kappa shape index (κ1) is 14.3. The lowest BCUT2D eigenvalue weighted by Crippen LogP contribution is -2.51. The molecule has 124 valence electrons. The van der Waals surface area contributed by atoms with Crippen molar-refractivity contribution in [1.82, 2.24) is 9.47 Å². The molecular formula is C20H22N2O2. The smallest absolute Gasteiger partial charge is 0.352 e. The lowest BCUT2D eigenvalue weighted by molar-refractivity contribution is -0.131. The number of hydrogen-bond acceptors (Lipinski definition) is 2. The third-order valence-electron chi connectivity index (χ3n) is 6.47. The molecule has 0 saturated carbocycles. The van der Waals surface area contributed by atoms with Crippen LogP contribution in [-0.4, -0.2) is 33.6 Å². The van der Waals surface area contributed by atoms with Gasteiger partial charge in [0.15, 0.2) is 0 Å². The predicted octanol–water partition coefficient (Wildman–Crippen LogP) is 3.67. The van der Waals surface area contributed by atoms with Crippen LogP contribution in [0.5, 0.6) is 0 Å². The van der Waals surface area contributed by atoms with E-state index in [0.717, 1.165) is 44.3 Å². The number of carboxylic acid groups (broad SMARTS) is 1. The van der Waals surface area contributed by atoms with Crippen molar-refractivity contribution in [3.8, 4) is 0 Å². The first-order valence-corrected chi connectivity index (χ1v) is 8.99. The Hall–Kier alpha value is -2.07. The first-order valence-electron chi connectivity index (χ1n) is 8.99. The van der Waals surface area contributed by atoms with E-state index in [1.54, 1.807) is 0 Å². The molecule has 0 spiro atoms. The molecule has 2 atom stereocenters. The Balaban J connectivity index is 1.92. The number of fused-ring (bicyclic) bond motifs is 3. The van der Waals surface area contributed by atoms with Crippen molar-refractivity contribution in [3.05, 3.63) is 41.6 Å². The molecule has 1 aromatic carbocycles. The van der Waals surface area contributed by atoms with Crippen LogP contribution in [-0.2, 0) is 11.2 Å². The van der Waals surface area contributed by atoms with E-state index in [2.05, 4.69) is 36.1 Å². The standard InChI is InChI=1S/C20H22N2O2/c1-2-20-9-5-10-21-11-8-14-13-6-3-4-7-15(13)22(17(14)18(20)21)16(12-20)19(23)24/h3-4,6-7,12,18H,2,5,8-11H2,1H3,(H,23,24)/t18-,20-/m0/s1. The van der Waals surface area contributed by atoms with Crippen molar-refractivity contribution >= 4 is 22.6 Å². The van der Waals surface area contributed by atoms with Crippen molar-refractivity contribution in [3.63, 3.8) is 0 Å². The summed E-state index contributed by atoms with van der Waals surface area (Å²) >= 11 is 0. The summed E-state index contributed by atoms with van der Waals surface area (Å²) in [6, 6.07) is 8.63. The summed E-state index contributed by atoms with van der Waals surface area (Å²) in [6.07, 6.45) is 6.34. The van der Waals surface area contributed by atoms with Gasteiger partial charge in [-0.25, -0.2) is 4.79 Å². The van der Waals surface area contributed by atoms with Crippen molar-refractivity contribution in [2.75, 3.05) is 13.1 Å². The summed E-state index contributed by atoms with van der Waals surface area (Å²) in [7, 11) is 0. The van der Waals surface area contributed by atoms with E-state index in [4.69, 9.17) is 0 Å². The Morgan fingerprint density at radius 1 is 1.33 bits per heavy atom. The van der Waals surface area contributed by atoms with Crippen molar-refractivity contribution in [1.29, 1.82) is 0 Å². The zero-order valence-electron chi connectivity index (χ0n) is 14.0. The molecule has 5 rings (SSSR count). The number of carboxylic acids is 1. The molecule has 3 aliphatic rings. The van der Waals surface area contributed by atoms with Gasteiger partial charge < -0.3 is 9.67 Å². The Labute approximate surface area is 141 Å². The molecule has 1 aromatic heterocycles. The van der Waals surface area contributed by atoms with E-state index in [1.807, 2.05) is 10.6 Å². The van der Waals surface area contributed by atoms with Crippen molar-refractivity contribution < 1.29 is 9.90 Å². The van der Waals surface area contributed by atoms with Gasteiger partial charge in [-0.15, -0.1) is 0 Å². The van der Waals surface area contributed by atoms with E-state index >= 15 is 0 Å². The fourth-order valence-corrected chi connectivity index (χ4v) is 5.44. The maximum Gasteiger partial charge on any atom is 0.352 e. The molecule has 24 heavy (non-hydrogen) atoms. The normalized spacial score (nSPS) is 28.5. The van der Waals surface area contributed by atoms with E-state index in [0.29, 0.717) is 11.7 Å². The molecule has 2 aromatic rings. The van der Waals surface area contributed by atoms with E-state index in [1.165, 1.54) is 16.6 Å². The fraction of sp³-hybridized carbons (Fsp3) is 0.450. The maximum absolute atomic E-state index is 12.1. The zero-order chi connectivity index (χ0) is 16.5. The van der Waals surface area contributed by atoms with Crippen LogP contribution in [0.25, 0.3) is 16.6 Å². The largest absolute Gasteiger partial charge is 0.477 e. The molecule has 0 aliphatic carbocycles. The number of hydrogen-bond donors (Lipinski definition) is 1. The third kappa shape index (κ3) is 1.59. The second-order valence-electron chi connectivity index (χ2n) is 7.43. The summed E-state index contributed by atoms with van der Waals surface area (Å²) in [6.45, 7) is 4.43. The summed E-state index contributed by atoms with van der Waals surface area (Å²) in [4.78, 5) is 14.7. The molecule has 3 aliphatic heterocycles. The topological polar surface area (TPSA) is 45.5 Å². The highest BCUT2D eigenvalue weighted by Gasteiger charge is 2.50. The van der Waals surface area contributed by atoms with Gasteiger partial charge in [-0.2, -0.15) is 0 Å². The highest BCUT2D eigenvalue weighted by molar-refractivity contribution is 6.12. The minimum atomic E-state index is -0.812. The van der Waals surface area contributed by atoms with Gasteiger partial charge in [-0.1, -0.05) is 25.1 Å². The van der Waals surface area contributed by atoms with Crippen molar-refractivity contribution in [2.24, 2.45) is 5.41 Å². The Morgan fingerprint density at radius 3 is 2.96 bits per heavy atom. The van der Waals surface area contributed by atoms with Gasteiger partial charge in [0, 0.05) is 23.0 Å². The third-order valence-corrected chi connectivity index (χ3v) is 6.47. The number of nitrogens with zero attached hydrogens (tertiary/aromatic N) is 2. The average Bonchev–Trinajstić information content (AvgIpc) is 2.95. The fourth-order valence-electron chi connectivity index (χ4n) is 5.44. The molecule has 0 bridgehead atoms. The number of aromatic nitrogens is 1. The summed E-state index contributed by atoms with van der Waals surface area (Å²) in [5, 5.41) is 11.2. The number of carbonyl (C=O) groups is 1. The van der Waals surface area contributed by atoms with Crippen LogP contribution in [0.15, 0.2) is 30.3 Å². The summed E-state index contributed by atoms with van der Waals surface area (Å²) < 4.78 is 2.04. The highest BCUT2D eigenvalue weighted by atomic mass is 16.4. The minimum Gasteiger partial charge on any atom is -0.477 e. The monoisotopic (exact) mass is 322 g/mol. The van der Waals surface area contributed by atoms with Gasteiger partial charge in [0.2, 0.25) is 0 Å². The van der Waals surface area contributed by atoms with Crippen LogP contribution >= 0.6 is 0 Å². The lowest BCUT2D eigenvalue weighted by atomic mass is 9.66. The summed E-state index contributed by atoms with van der Waals surface area (Å²) in [5.41, 5.74) is 4.09. The Morgan fingerprint density at radius 2 is 2.17 bits per heavy atom. The molecule has 1 saturated heterocycles. The van der Waals surface area contributed by atoms with Gasteiger partial charge in [0.25, 0.3) is 0 Å². The zero-order valence-corrected chi connectivity index (χ0v) is 14.0. The van der Waals surface area contributed by atoms with Gasteiger partial charge in [-0.3, -0.25) is 4.90 Å². The molecule has 4 heteroatoms. The SMILES string of the molecule is CC[C@@]12C=C(C(=O)O)n3c4c(c5ccccc53)CCN(CCC1)[C@@H]42. The molecule has 1 fully saturated rings. The predicted molar refractivity (Wildman–Crippen MR) is 93.8 cm³/mol. The molecule has 4 nitrogen and oxygen atoms in total. The van der Waals surface area contributed by atoms with Gasteiger partial charge in [-0.05, 0) is 49.9 Å². The first-order chi connectivity index (χ1) is 11.7. The number of aliphatic carboxylic acids is 1. The quantitative estimate of drug-likeness (QED) is 0.917. The molecule has 1 N–H and O–H groups in total. The highest BCUT2D eigenvalue weighted by Crippen LogP contribution is 2.56. The Kier molecular flexibility index (Phi) is 2.82. The van der Waals surface area contributed by atoms with Crippen LogP contribution in [0.2, 0.25) is 0 Å². The number of rotatable bonds is 2. The lowest BCUT2D eigenvalue weighted by Gasteiger charge is -2.53. The van der Waals surface area contributed by atoms with Crippen molar-refractivity contribution in [2.45, 2.75) is 38.6 Å². The Bertz CT molecular complexity index is 894. The number of benzene rings is 1. The number of piperidine rings is 1. The van der Waals surface area contributed by atoms with Gasteiger partial charge in [0.05, 0.1) is 11.6 Å². The van der Waals surface area contributed by atoms with E-state index < -0.39 is 5.97 Å². The second kappa shape index (κ2) is 4.73. The van der Waals surface area contributed by atoms with Crippen LogP contribution in [0.3, 0.4) is 0 Å². The van der Waals surface area contributed by atoms with Gasteiger partial charge >= 0.3 is 5.97 Å². The van der Waals surface area contributed by atoms with Gasteiger partial charge in [0.1, 0.15) is 5.70 Å². The van der Waals surface area contributed by atoms with Crippen LogP contribution in [0, 0.1) is 5.41 Å². The van der Waals surface area contributed by atoms with Crippen LogP contribution < -0.4 is 0 Å². The summed E-state index contributed by atoms with van der Waals surface area (Å²) in [5.74, 6) is -0.812. The molecule has 0 amide bonds. The molecule has 0 radical (unpaired) electrons. The van der Waals surface area contributed by atoms with Crippen LogP contribution in [0.4, 0.5) is 0 Å². The molecular weight excluding hydrogens is 300 g/mol. The second-order valence-corrected chi connectivity index (χ2v) is 7.43. The average molecular weight is 322 g/mol. The van der Waals surface area contributed by atoms with E-state index in [9.17, 15) is 9.90 Å². The minimum absolute atomic E-state index is 0.0362. The van der Waals surface area contributed by atoms with E-state index in [-0.39, 0.29) is 5.41 Å².